The highest BCUT2D eigenvalue weighted by atomic mass is 32.2. The van der Waals surface area contributed by atoms with E-state index in [0.29, 0.717) is 34.5 Å². The van der Waals surface area contributed by atoms with Crippen LogP contribution >= 0.6 is 23.5 Å². The topological polar surface area (TPSA) is 101 Å². The minimum Gasteiger partial charge on any atom is -0.462 e. The Kier molecular flexibility index (Phi) is 8.31. The molecule has 31 heavy (non-hydrogen) atoms. The number of anilines is 1. The van der Waals surface area contributed by atoms with E-state index in [9.17, 15) is 14.4 Å². The van der Waals surface area contributed by atoms with Gasteiger partial charge in [0.1, 0.15) is 0 Å². The lowest BCUT2D eigenvalue weighted by atomic mass is 10.2. The van der Waals surface area contributed by atoms with Gasteiger partial charge in [0, 0.05) is 22.4 Å². The molecular weight excluding hydrogens is 434 g/mol. The number of amides is 1. The third-order valence-corrected chi connectivity index (χ3v) is 5.84. The lowest BCUT2D eigenvalue weighted by Gasteiger charge is -2.07. The first kappa shape index (κ1) is 22.6. The zero-order valence-electron chi connectivity index (χ0n) is 16.8. The molecule has 3 aromatic rings. The van der Waals surface area contributed by atoms with Crippen molar-refractivity contribution in [2.45, 2.75) is 22.7 Å². The predicted octanol–water partition coefficient (Wildman–Crippen LogP) is 3.97. The number of hydrogen-bond acceptors (Lipinski definition) is 7. The molecule has 1 heterocycles. The fourth-order valence-corrected chi connectivity index (χ4v) is 4.04. The summed E-state index contributed by atoms with van der Waals surface area (Å²) in [4.78, 5) is 44.0. The van der Waals surface area contributed by atoms with Crippen LogP contribution in [0.25, 0.3) is 0 Å². The molecule has 0 aliphatic rings. The number of hydrogen-bond donors (Lipinski definition) is 2. The molecule has 1 aromatic heterocycles. The molecule has 2 N–H and O–H groups in total. The average Bonchev–Trinajstić information content (AvgIpc) is 2.77. The van der Waals surface area contributed by atoms with Gasteiger partial charge in [0.25, 0.3) is 5.56 Å². The van der Waals surface area contributed by atoms with Crippen LogP contribution in [0.2, 0.25) is 0 Å². The van der Waals surface area contributed by atoms with Gasteiger partial charge in [-0.2, -0.15) is 0 Å². The first-order chi connectivity index (χ1) is 15.0. The van der Waals surface area contributed by atoms with E-state index in [0.717, 1.165) is 16.7 Å². The number of aromatic amines is 1. The van der Waals surface area contributed by atoms with Crippen molar-refractivity contribution in [3.8, 4) is 0 Å². The summed E-state index contributed by atoms with van der Waals surface area (Å²) >= 11 is 2.74. The third-order valence-electron chi connectivity index (χ3n) is 3.92. The highest BCUT2D eigenvalue weighted by Gasteiger charge is 2.09. The molecule has 0 saturated heterocycles. The second-order valence-corrected chi connectivity index (χ2v) is 8.29. The molecule has 7 nitrogen and oxygen atoms in total. The van der Waals surface area contributed by atoms with Gasteiger partial charge in [0.05, 0.1) is 23.6 Å². The third kappa shape index (κ3) is 7.30. The van der Waals surface area contributed by atoms with Crippen molar-refractivity contribution in [1.82, 2.24) is 9.97 Å². The molecule has 2 aromatic carbocycles. The molecule has 1 amide bonds. The molecule has 0 bridgehead atoms. The first-order valence-electron chi connectivity index (χ1n) is 9.51. The van der Waals surface area contributed by atoms with Gasteiger partial charge in [-0.05, 0) is 43.3 Å². The van der Waals surface area contributed by atoms with Crippen LogP contribution in [0.3, 0.4) is 0 Å². The van der Waals surface area contributed by atoms with Crippen LogP contribution in [0.15, 0.2) is 75.5 Å². The summed E-state index contributed by atoms with van der Waals surface area (Å²) in [6.45, 7) is 2.04. The van der Waals surface area contributed by atoms with Gasteiger partial charge in [-0.1, -0.05) is 30.0 Å². The molecule has 160 valence electrons. The number of nitrogens with one attached hydrogen (secondary N) is 2. The van der Waals surface area contributed by atoms with E-state index in [-0.39, 0.29) is 17.2 Å². The number of rotatable bonds is 9. The number of ether oxygens (including phenoxy) is 1. The van der Waals surface area contributed by atoms with Crippen molar-refractivity contribution in [1.29, 1.82) is 0 Å². The standard InChI is InChI=1S/C22H21N3O4S2/c1-2-29-21(28)15-8-10-16(11-9-15)23-20(27)14-31-22-24-17(12-19(26)25-22)13-30-18-6-4-3-5-7-18/h3-12H,2,13-14H2,1H3,(H,23,27)(H,24,25,26). The van der Waals surface area contributed by atoms with Crippen LogP contribution in [-0.4, -0.2) is 34.2 Å². The number of H-pyrrole nitrogens is 1. The van der Waals surface area contributed by atoms with Crippen molar-refractivity contribution in [3.05, 3.63) is 82.3 Å². The first-order valence-corrected chi connectivity index (χ1v) is 11.5. The SMILES string of the molecule is CCOC(=O)c1ccc(NC(=O)CSc2nc(CSc3ccccc3)cc(=O)[nH]2)cc1. The molecule has 0 saturated carbocycles. The van der Waals surface area contributed by atoms with E-state index < -0.39 is 5.97 Å². The molecule has 0 aliphatic carbocycles. The fraction of sp³-hybridized carbons (Fsp3) is 0.182. The predicted molar refractivity (Wildman–Crippen MR) is 123 cm³/mol. The van der Waals surface area contributed by atoms with Crippen LogP contribution in [0.4, 0.5) is 5.69 Å². The van der Waals surface area contributed by atoms with E-state index in [2.05, 4.69) is 15.3 Å². The largest absolute Gasteiger partial charge is 0.462 e. The van der Waals surface area contributed by atoms with Crippen molar-refractivity contribution in [2.75, 3.05) is 17.7 Å². The van der Waals surface area contributed by atoms with Gasteiger partial charge in [0.15, 0.2) is 5.16 Å². The maximum atomic E-state index is 12.2. The monoisotopic (exact) mass is 455 g/mol. The summed E-state index contributed by atoms with van der Waals surface area (Å²) in [5.41, 5.74) is 1.38. The number of aromatic nitrogens is 2. The molecular formula is C22H21N3O4S2. The Bertz CT molecular complexity index is 1090. The summed E-state index contributed by atoms with van der Waals surface area (Å²) in [5.74, 6) is -0.0184. The second kappa shape index (κ2) is 11.4. The van der Waals surface area contributed by atoms with E-state index in [1.807, 2.05) is 30.3 Å². The van der Waals surface area contributed by atoms with Gasteiger partial charge in [-0.25, -0.2) is 9.78 Å². The molecule has 0 radical (unpaired) electrons. The highest BCUT2D eigenvalue weighted by molar-refractivity contribution is 7.99. The summed E-state index contributed by atoms with van der Waals surface area (Å²) in [7, 11) is 0. The van der Waals surface area contributed by atoms with E-state index in [1.165, 1.54) is 6.07 Å². The van der Waals surface area contributed by atoms with E-state index in [4.69, 9.17) is 4.74 Å². The van der Waals surface area contributed by atoms with Gasteiger partial charge in [0.2, 0.25) is 5.91 Å². The van der Waals surface area contributed by atoms with Crippen LogP contribution in [-0.2, 0) is 15.3 Å². The second-order valence-electron chi connectivity index (χ2n) is 6.28. The van der Waals surface area contributed by atoms with E-state index >= 15 is 0 Å². The van der Waals surface area contributed by atoms with Crippen LogP contribution in [0.1, 0.15) is 23.0 Å². The molecule has 0 aliphatic heterocycles. The molecule has 9 heteroatoms. The minimum absolute atomic E-state index is 0.0812. The Balaban J connectivity index is 1.53. The number of carbonyl (C=O) groups excluding carboxylic acids is 2. The van der Waals surface area contributed by atoms with Gasteiger partial charge >= 0.3 is 5.97 Å². The summed E-state index contributed by atoms with van der Waals surface area (Å²) in [6.07, 6.45) is 0. The Morgan fingerprint density at radius 3 is 2.52 bits per heavy atom. The molecule has 0 fully saturated rings. The highest BCUT2D eigenvalue weighted by Crippen LogP contribution is 2.22. The number of esters is 1. The van der Waals surface area contributed by atoms with Gasteiger partial charge in [-0.15, -0.1) is 11.8 Å². The number of thioether (sulfide) groups is 2. The fourth-order valence-electron chi connectivity index (χ4n) is 2.53. The van der Waals surface area contributed by atoms with Crippen LogP contribution in [0.5, 0.6) is 0 Å². The Morgan fingerprint density at radius 2 is 1.81 bits per heavy atom. The Morgan fingerprint density at radius 1 is 1.06 bits per heavy atom. The average molecular weight is 456 g/mol. The summed E-state index contributed by atoms with van der Waals surface area (Å²) in [6, 6.07) is 17.8. The molecule has 0 spiro atoms. The maximum absolute atomic E-state index is 12.2. The van der Waals surface area contributed by atoms with Crippen molar-refractivity contribution in [3.63, 3.8) is 0 Å². The Labute approximate surface area is 188 Å². The summed E-state index contributed by atoms with van der Waals surface area (Å²) < 4.78 is 4.93. The van der Waals surface area contributed by atoms with Gasteiger partial charge in [-0.3, -0.25) is 9.59 Å². The van der Waals surface area contributed by atoms with Gasteiger partial charge < -0.3 is 15.0 Å². The molecule has 3 rings (SSSR count). The molecule has 0 unspecified atom stereocenters. The number of carbonyl (C=O) groups is 2. The zero-order chi connectivity index (χ0) is 22.1. The lowest BCUT2D eigenvalue weighted by molar-refractivity contribution is -0.113. The normalized spacial score (nSPS) is 10.5. The Hall–Kier alpha value is -3.04. The quantitative estimate of drug-likeness (QED) is 0.286. The number of nitrogens with zero attached hydrogens (tertiary/aromatic N) is 1. The molecule has 0 atom stereocenters. The van der Waals surface area contributed by atoms with Crippen LogP contribution in [0, 0.1) is 0 Å². The zero-order valence-corrected chi connectivity index (χ0v) is 18.4. The lowest BCUT2D eigenvalue weighted by Crippen LogP contribution is -2.16. The van der Waals surface area contributed by atoms with Crippen molar-refractivity contribution in [2.24, 2.45) is 0 Å². The van der Waals surface area contributed by atoms with E-state index in [1.54, 1.807) is 43.0 Å². The van der Waals surface area contributed by atoms with Crippen molar-refractivity contribution < 1.29 is 14.3 Å². The maximum Gasteiger partial charge on any atom is 0.338 e. The number of benzene rings is 2. The smallest absolute Gasteiger partial charge is 0.338 e. The van der Waals surface area contributed by atoms with Crippen molar-refractivity contribution >= 4 is 41.1 Å². The minimum atomic E-state index is -0.406. The summed E-state index contributed by atoms with van der Waals surface area (Å²) in [5, 5.41) is 3.14. The van der Waals surface area contributed by atoms with Crippen LogP contribution < -0.4 is 10.9 Å².